The zero-order valence-corrected chi connectivity index (χ0v) is 18.5. The summed E-state index contributed by atoms with van der Waals surface area (Å²) in [6.07, 6.45) is 2.81. The van der Waals surface area contributed by atoms with Crippen LogP contribution in [0.1, 0.15) is 34.1 Å². The van der Waals surface area contributed by atoms with Crippen LogP contribution in [0, 0.1) is 0 Å². The Balaban J connectivity index is 1.55. The number of hydrogen-bond acceptors (Lipinski definition) is 6. The summed E-state index contributed by atoms with van der Waals surface area (Å²) in [6.45, 7) is 0.646. The van der Waals surface area contributed by atoms with E-state index < -0.39 is 6.23 Å². The molecule has 34 heavy (non-hydrogen) atoms. The van der Waals surface area contributed by atoms with Crippen molar-refractivity contribution in [1.82, 2.24) is 4.98 Å². The number of Topliss-reactive ketones (excluding diaryl/α,β-unsaturated/α-hetero) is 1. The Morgan fingerprint density at radius 2 is 1.79 bits per heavy atom. The van der Waals surface area contributed by atoms with E-state index >= 15 is 0 Å². The highest BCUT2D eigenvalue weighted by atomic mass is 16.5. The fraction of sp³-hybridized carbons (Fsp3) is 0.143. The molecule has 0 saturated heterocycles. The molecule has 4 aromatic rings. The quantitative estimate of drug-likeness (QED) is 0.404. The van der Waals surface area contributed by atoms with E-state index in [1.165, 1.54) is 0 Å². The first-order valence-electron chi connectivity index (χ1n) is 11.1. The maximum Gasteiger partial charge on any atom is 0.170 e. The van der Waals surface area contributed by atoms with Crippen LogP contribution in [0.3, 0.4) is 0 Å². The Labute approximate surface area is 197 Å². The van der Waals surface area contributed by atoms with Gasteiger partial charge in [0.2, 0.25) is 0 Å². The number of pyridine rings is 1. The number of aliphatic hydroxyl groups excluding tert-OH is 1. The Morgan fingerprint density at radius 3 is 2.62 bits per heavy atom. The first-order chi connectivity index (χ1) is 16.6. The average Bonchev–Trinajstić information content (AvgIpc) is 2.88. The predicted molar refractivity (Wildman–Crippen MR) is 129 cm³/mol. The lowest BCUT2D eigenvalue weighted by molar-refractivity contribution is 0.0933. The Hall–Kier alpha value is -4.00. The van der Waals surface area contributed by atoms with E-state index in [2.05, 4.69) is 4.98 Å². The van der Waals surface area contributed by atoms with Gasteiger partial charge in [0.15, 0.2) is 5.78 Å². The standard InChI is InChI=1S/C28H24N2O4/c29-28(32)20-8-4-7-19(13-20)22-14-23-25(31)10-12-33-27(23)15-26(22)34-17-21-9-11-30-16-24(21)18-5-2-1-3-6-18/h1-9,11,13-16,28,32H,10,12,17,29H2. The van der Waals surface area contributed by atoms with Crippen molar-refractivity contribution >= 4 is 5.78 Å². The molecule has 1 unspecified atom stereocenters. The molecule has 0 amide bonds. The number of hydrogen-bond donors (Lipinski definition) is 2. The molecule has 0 spiro atoms. The van der Waals surface area contributed by atoms with Gasteiger partial charge in [0.05, 0.1) is 12.2 Å². The molecule has 0 radical (unpaired) electrons. The lowest BCUT2D eigenvalue weighted by Crippen LogP contribution is -2.15. The minimum Gasteiger partial charge on any atom is -0.492 e. The lowest BCUT2D eigenvalue weighted by Gasteiger charge is -2.21. The smallest absolute Gasteiger partial charge is 0.170 e. The molecule has 0 fully saturated rings. The molecule has 170 valence electrons. The van der Waals surface area contributed by atoms with Gasteiger partial charge in [-0.3, -0.25) is 9.78 Å². The largest absolute Gasteiger partial charge is 0.492 e. The summed E-state index contributed by atoms with van der Waals surface area (Å²) in [7, 11) is 0. The number of benzene rings is 3. The van der Waals surface area contributed by atoms with Gasteiger partial charge in [-0.2, -0.15) is 0 Å². The van der Waals surface area contributed by atoms with Gasteiger partial charge in [-0.25, -0.2) is 0 Å². The molecule has 5 rings (SSSR count). The number of nitrogens with two attached hydrogens (primary N) is 1. The van der Waals surface area contributed by atoms with Gasteiger partial charge in [0.1, 0.15) is 24.3 Å². The molecule has 6 heteroatoms. The summed E-state index contributed by atoms with van der Waals surface area (Å²) in [5.74, 6) is 1.13. The molecule has 1 atom stereocenters. The molecule has 3 N–H and O–H groups in total. The topological polar surface area (TPSA) is 94.7 Å². The van der Waals surface area contributed by atoms with E-state index in [0.717, 1.165) is 27.8 Å². The minimum absolute atomic E-state index is 0.0320. The molecule has 0 bridgehead atoms. The van der Waals surface area contributed by atoms with Crippen LogP contribution in [0.15, 0.2) is 85.2 Å². The summed E-state index contributed by atoms with van der Waals surface area (Å²) >= 11 is 0. The minimum atomic E-state index is -1.10. The Bertz CT molecular complexity index is 1340. The van der Waals surface area contributed by atoms with E-state index in [-0.39, 0.29) is 5.78 Å². The fourth-order valence-electron chi connectivity index (χ4n) is 4.10. The van der Waals surface area contributed by atoms with Crippen molar-refractivity contribution < 1.29 is 19.4 Å². The fourth-order valence-corrected chi connectivity index (χ4v) is 4.10. The van der Waals surface area contributed by atoms with Gasteiger partial charge in [-0.05, 0) is 34.9 Å². The van der Waals surface area contributed by atoms with E-state index in [4.69, 9.17) is 15.2 Å². The molecule has 1 aliphatic rings. The maximum absolute atomic E-state index is 12.5. The molecule has 2 heterocycles. The zero-order valence-electron chi connectivity index (χ0n) is 18.5. The van der Waals surface area contributed by atoms with Crippen LogP contribution in [0.4, 0.5) is 0 Å². The number of carbonyl (C=O) groups is 1. The summed E-state index contributed by atoms with van der Waals surface area (Å²) in [4.78, 5) is 16.8. The van der Waals surface area contributed by atoms with Gasteiger partial charge in [0.25, 0.3) is 0 Å². The van der Waals surface area contributed by atoms with Crippen molar-refractivity contribution in [3.63, 3.8) is 0 Å². The van der Waals surface area contributed by atoms with Gasteiger partial charge in [0, 0.05) is 41.6 Å². The van der Waals surface area contributed by atoms with Crippen LogP contribution in [-0.4, -0.2) is 22.5 Å². The highest BCUT2D eigenvalue weighted by Gasteiger charge is 2.23. The van der Waals surface area contributed by atoms with Crippen molar-refractivity contribution in [3.05, 3.63) is 102 Å². The van der Waals surface area contributed by atoms with Crippen molar-refractivity contribution in [2.24, 2.45) is 5.73 Å². The number of aliphatic hydroxyl groups is 1. The average molecular weight is 453 g/mol. The first-order valence-corrected chi connectivity index (χ1v) is 11.1. The van der Waals surface area contributed by atoms with E-state index in [0.29, 0.717) is 42.3 Å². The van der Waals surface area contributed by atoms with E-state index in [1.54, 1.807) is 30.5 Å². The highest BCUT2D eigenvalue weighted by molar-refractivity contribution is 6.01. The third-order valence-electron chi connectivity index (χ3n) is 5.89. The van der Waals surface area contributed by atoms with Crippen LogP contribution in [-0.2, 0) is 6.61 Å². The number of rotatable bonds is 6. The molecule has 3 aromatic carbocycles. The molecular formula is C28H24N2O4. The maximum atomic E-state index is 12.5. The van der Waals surface area contributed by atoms with E-state index in [1.807, 2.05) is 54.7 Å². The van der Waals surface area contributed by atoms with Crippen LogP contribution < -0.4 is 15.2 Å². The SMILES string of the molecule is NC(O)c1cccc(-c2cc3c(cc2OCc2ccncc2-c2ccccc2)OCCC3=O)c1. The Kier molecular flexibility index (Phi) is 6.08. The predicted octanol–water partition coefficient (Wildman–Crippen LogP) is 4.91. The first kappa shape index (κ1) is 21.8. The number of ketones is 1. The second-order valence-electron chi connectivity index (χ2n) is 8.12. The van der Waals surface area contributed by atoms with Crippen molar-refractivity contribution in [1.29, 1.82) is 0 Å². The summed E-state index contributed by atoms with van der Waals surface area (Å²) in [5.41, 5.74) is 11.3. The second-order valence-corrected chi connectivity index (χ2v) is 8.12. The molecule has 0 saturated carbocycles. The van der Waals surface area contributed by atoms with Crippen LogP contribution in [0.25, 0.3) is 22.3 Å². The molecule has 1 aromatic heterocycles. The van der Waals surface area contributed by atoms with E-state index in [9.17, 15) is 9.90 Å². The molecular weight excluding hydrogens is 428 g/mol. The number of carbonyl (C=O) groups excluding carboxylic acids is 1. The molecule has 6 nitrogen and oxygen atoms in total. The number of ether oxygens (including phenoxy) is 2. The summed E-state index contributed by atoms with van der Waals surface area (Å²) in [5, 5.41) is 9.86. The molecule has 1 aliphatic heterocycles. The van der Waals surface area contributed by atoms with Crippen molar-refractivity contribution in [2.75, 3.05) is 6.61 Å². The Morgan fingerprint density at radius 1 is 0.971 bits per heavy atom. The second kappa shape index (κ2) is 9.47. The third kappa shape index (κ3) is 4.41. The summed E-state index contributed by atoms with van der Waals surface area (Å²) in [6, 6.07) is 22.8. The number of nitrogens with zero attached hydrogens (tertiary/aromatic N) is 1. The summed E-state index contributed by atoms with van der Waals surface area (Å²) < 4.78 is 12.1. The van der Waals surface area contributed by atoms with Crippen molar-refractivity contribution in [3.8, 4) is 33.8 Å². The highest BCUT2D eigenvalue weighted by Crippen LogP contribution is 2.39. The van der Waals surface area contributed by atoms with Gasteiger partial charge < -0.3 is 20.3 Å². The monoisotopic (exact) mass is 452 g/mol. The van der Waals surface area contributed by atoms with Crippen LogP contribution in [0.2, 0.25) is 0 Å². The molecule has 0 aliphatic carbocycles. The third-order valence-corrected chi connectivity index (χ3v) is 5.89. The van der Waals surface area contributed by atoms with Gasteiger partial charge >= 0.3 is 0 Å². The number of fused-ring (bicyclic) bond motifs is 1. The van der Waals surface area contributed by atoms with Gasteiger partial charge in [-0.15, -0.1) is 0 Å². The zero-order chi connectivity index (χ0) is 23.5. The lowest BCUT2D eigenvalue weighted by atomic mass is 9.96. The van der Waals surface area contributed by atoms with Crippen LogP contribution in [0.5, 0.6) is 11.5 Å². The van der Waals surface area contributed by atoms with Gasteiger partial charge in [-0.1, -0.05) is 48.5 Å². The van der Waals surface area contributed by atoms with Crippen LogP contribution >= 0.6 is 0 Å². The normalized spacial score (nSPS) is 13.6. The number of aromatic nitrogens is 1. The van der Waals surface area contributed by atoms with Crippen molar-refractivity contribution in [2.45, 2.75) is 19.3 Å².